The van der Waals surface area contributed by atoms with Gasteiger partial charge in [-0.2, -0.15) is 0 Å². The summed E-state index contributed by atoms with van der Waals surface area (Å²) in [5.41, 5.74) is 5.59. The van der Waals surface area contributed by atoms with Gasteiger partial charge in [0.05, 0.1) is 4.92 Å². The summed E-state index contributed by atoms with van der Waals surface area (Å²) in [5.74, 6) is -0.409. The van der Waals surface area contributed by atoms with Crippen LogP contribution in [0.15, 0.2) is 12.1 Å². The van der Waals surface area contributed by atoms with Crippen molar-refractivity contribution in [2.24, 2.45) is 5.73 Å². The molecule has 0 aromatic heterocycles. The Labute approximate surface area is 123 Å². The van der Waals surface area contributed by atoms with Crippen molar-refractivity contribution in [3.05, 3.63) is 33.4 Å². The lowest BCUT2D eigenvalue weighted by Gasteiger charge is -2.27. The lowest BCUT2D eigenvalue weighted by molar-refractivity contribution is -0.386. The number of nitro groups is 1. The largest absolute Gasteiger partial charge is 0.484 e. The minimum Gasteiger partial charge on any atom is -0.484 e. The quantitative estimate of drug-likeness (QED) is 0.584. The number of nitrogens with two attached hydrogens (primary N) is 1. The van der Waals surface area contributed by atoms with Crippen molar-refractivity contribution in [2.45, 2.75) is 33.2 Å². The molecule has 0 spiro atoms. The van der Waals surface area contributed by atoms with Gasteiger partial charge in [0, 0.05) is 6.07 Å². The molecule has 1 amide bonds. The van der Waals surface area contributed by atoms with Crippen LogP contribution in [0.4, 0.5) is 5.69 Å². The van der Waals surface area contributed by atoms with Crippen molar-refractivity contribution in [3.63, 3.8) is 0 Å². The fourth-order valence-corrected chi connectivity index (χ4v) is 2.07. The highest BCUT2D eigenvalue weighted by molar-refractivity contribution is 5.84. The highest BCUT2D eigenvalue weighted by Gasteiger charge is 2.32. The van der Waals surface area contributed by atoms with Crippen LogP contribution >= 0.6 is 0 Å². The third-order valence-electron chi connectivity index (χ3n) is 3.21. The van der Waals surface area contributed by atoms with Gasteiger partial charge in [0.25, 0.3) is 0 Å². The lowest BCUT2D eigenvalue weighted by Crippen LogP contribution is -2.57. The molecule has 0 saturated carbocycles. The van der Waals surface area contributed by atoms with Crippen molar-refractivity contribution >= 4 is 11.6 Å². The number of nitrogens with zero attached hydrogens (tertiary/aromatic N) is 1. The molecule has 7 nitrogen and oxygen atoms in total. The zero-order valence-corrected chi connectivity index (χ0v) is 12.7. The number of likely N-dealkylation sites (N-methyl/N-ethyl adjacent to an activating group) is 1. The first-order chi connectivity index (χ1) is 9.71. The standard InChI is InChI=1S/C14H21N3O4/c1-5-16-14(4,13(15)18)8-21-12-10(3)6-9(2)7-11(12)17(19)20/h6-7,16H,5,8H2,1-4H3,(H2,15,18). The Morgan fingerprint density at radius 3 is 2.57 bits per heavy atom. The molecular weight excluding hydrogens is 274 g/mol. The van der Waals surface area contributed by atoms with Crippen LogP contribution in [0, 0.1) is 24.0 Å². The van der Waals surface area contributed by atoms with Gasteiger partial charge in [0.15, 0.2) is 5.75 Å². The molecule has 0 heterocycles. The Balaban J connectivity index is 3.08. The number of primary amides is 1. The molecule has 1 rings (SSSR count). The molecule has 7 heteroatoms. The smallest absolute Gasteiger partial charge is 0.311 e. The third-order valence-corrected chi connectivity index (χ3v) is 3.21. The van der Waals surface area contributed by atoms with Gasteiger partial charge in [-0.15, -0.1) is 0 Å². The van der Waals surface area contributed by atoms with Gasteiger partial charge in [0.2, 0.25) is 5.91 Å². The van der Waals surface area contributed by atoms with Crippen LogP contribution in [-0.2, 0) is 4.79 Å². The second-order valence-electron chi connectivity index (χ2n) is 5.20. The molecule has 0 aliphatic rings. The summed E-state index contributed by atoms with van der Waals surface area (Å²) in [7, 11) is 0. The van der Waals surface area contributed by atoms with E-state index in [1.807, 2.05) is 6.92 Å². The van der Waals surface area contributed by atoms with E-state index in [2.05, 4.69) is 5.32 Å². The molecule has 116 valence electrons. The molecule has 0 aliphatic carbocycles. The summed E-state index contributed by atoms with van der Waals surface area (Å²) in [5, 5.41) is 14.1. The molecule has 1 aromatic rings. The van der Waals surface area contributed by atoms with E-state index < -0.39 is 16.4 Å². The first-order valence-electron chi connectivity index (χ1n) is 6.64. The van der Waals surface area contributed by atoms with Gasteiger partial charge in [-0.1, -0.05) is 13.0 Å². The highest BCUT2D eigenvalue weighted by atomic mass is 16.6. The normalized spacial score (nSPS) is 13.5. The minimum absolute atomic E-state index is 0.0824. The summed E-state index contributed by atoms with van der Waals surface area (Å²) in [6, 6.07) is 3.23. The second kappa shape index (κ2) is 6.53. The number of rotatable bonds is 7. The Hall–Kier alpha value is -2.15. The summed E-state index contributed by atoms with van der Waals surface area (Å²) >= 11 is 0. The van der Waals surface area contributed by atoms with E-state index in [-0.39, 0.29) is 18.0 Å². The Bertz CT molecular complexity index is 559. The van der Waals surface area contributed by atoms with Gasteiger partial charge in [-0.3, -0.25) is 14.9 Å². The molecule has 21 heavy (non-hydrogen) atoms. The fraction of sp³-hybridized carbons (Fsp3) is 0.500. The number of carbonyl (C=O) groups is 1. The fourth-order valence-electron chi connectivity index (χ4n) is 2.07. The monoisotopic (exact) mass is 295 g/mol. The SMILES string of the molecule is CCNC(C)(COc1c(C)cc(C)cc1[N+](=O)[O-])C(N)=O. The minimum atomic E-state index is -1.08. The zero-order chi connectivity index (χ0) is 16.2. The van der Waals surface area contributed by atoms with E-state index >= 15 is 0 Å². The number of nitro benzene ring substituents is 1. The average Bonchev–Trinajstić information content (AvgIpc) is 2.36. The average molecular weight is 295 g/mol. The van der Waals surface area contributed by atoms with Crippen molar-refractivity contribution in [3.8, 4) is 5.75 Å². The predicted octanol–water partition coefficient (Wildman–Crippen LogP) is 1.44. The van der Waals surface area contributed by atoms with Gasteiger partial charge >= 0.3 is 5.69 Å². The lowest BCUT2D eigenvalue weighted by atomic mass is 10.0. The molecule has 1 unspecified atom stereocenters. The molecule has 3 N–H and O–H groups in total. The summed E-state index contributed by atoms with van der Waals surface area (Å²) in [4.78, 5) is 22.2. The Kier molecular flexibility index (Phi) is 5.26. The summed E-state index contributed by atoms with van der Waals surface area (Å²) < 4.78 is 5.56. The number of benzene rings is 1. The number of hydrogen-bond acceptors (Lipinski definition) is 5. The van der Waals surface area contributed by atoms with E-state index in [0.29, 0.717) is 12.1 Å². The maximum Gasteiger partial charge on any atom is 0.311 e. The molecule has 0 saturated heterocycles. The van der Waals surface area contributed by atoms with Gasteiger partial charge in [-0.05, 0) is 38.4 Å². The first-order valence-corrected chi connectivity index (χ1v) is 6.64. The van der Waals surface area contributed by atoms with E-state index in [4.69, 9.17) is 10.5 Å². The van der Waals surface area contributed by atoms with Crippen LogP contribution in [0.25, 0.3) is 0 Å². The van der Waals surface area contributed by atoms with Gasteiger partial charge in [-0.25, -0.2) is 0 Å². The van der Waals surface area contributed by atoms with Crippen molar-refractivity contribution < 1.29 is 14.5 Å². The maximum atomic E-state index is 11.5. The van der Waals surface area contributed by atoms with E-state index in [1.165, 1.54) is 6.07 Å². The topological polar surface area (TPSA) is 107 Å². The van der Waals surface area contributed by atoms with Crippen LogP contribution < -0.4 is 15.8 Å². The molecule has 0 fully saturated rings. The predicted molar refractivity (Wildman–Crippen MR) is 79.3 cm³/mol. The Morgan fingerprint density at radius 1 is 1.48 bits per heavy atom. The maximum absolute atomic E-state index is 11.5. The summed E-state index contributed by atoms with van der Waals surface area (Å²) in [6.45, 7) is 7.38. The van der Waals surface area contributed by atoms with Gasteiger partial charge in [0.1, 0.15) is 12.1 Å². The third kappa shape index (κ3) is 3.91. The van der Waals surface area contributed by atoms with Crippen LogP contribution in [0.2, 0.25) is 0 Å². The van der Waals surface area contributed by atoms with Gasteiger partial charge < -0.3 is 15.8 Å². The van der Waals surface area contributed by atoms with Crippen molar-refractivity contribution in [2.75, 3.05) is 13.2 Å². The number of aryl methyl sites for hydroxylation is 2. The van der Waals surface area contributed by atoms with Crippen LogP contribution in [0.1, 0.15) is 25.0 Å². The highest BCUT2D eigenvalue weighted by Crippen LogP contribution is 2.32. The zero-order valence-electron chi connectivity index (χ0n) is 12.7. The first kappa shape index (κ1) is 16.9. The Morgan fingerprint density at radius 2 is 2.10 bits per heavy atom. The number of ether oxygens (including phenoxy) is 1. The number of nitrogens with one attached hydrogen (secondary N) is 1. The van der Waals surface area contributed by atoms with Crippen LogP contribution in [0.3, 0.4) is 0 Å². The van der Waals surface area contributed by atoms with E-state index in [1.54, 1.807) is 26.8 Å². The molecular formula is C14H21N3O4. The number of carbonyl (C=O) groups excluding carboxylic acids is 1. The molecule has 0 radical (unpaired) electrons. The number of amides is 1. The van der Waals surface area contributed by atoms with E-state index in [9.17, 15) is 14.9 Å². The molecule has 1 atom stereocenters. The van der Waals surface area contributed by atoms with Crippen molar-refractivity contribution in [1.29, 1.82) is 0 Å². The molecule has 0 aliphatic heterocycles. The van der Waals surface area contributed by atoms with Crippen LogP contribution in [0.5, 0.6) is 5.75 Å². The number of hydrogen-bond donors (Lipinski definition) is 2. The molecule has 0 bridgehead atoms. The molecule has 1 aromatic carbocycles. The van der Waals surface area contributed by atoms with Crippen molar-refractivity contribution in [1.82, 2.24) is 5.32 Å². The summed E-state index contributed by atoms with van der Waals surface area (Å²) in [6.07, 6.45) is 0. The van der Waals surface area contributed by atoms with Crippen LogP contribution in [-0.4, -0.2) is 29.5 Å². The second-order valence-corrected chi connectivity index (χ2v) is 5.20. The van der Waals surface area contributed by atoms with E-state index in [0.717, 1.165) is 5.56 Å².